The van der Waals surface area contributed by atoms with Crippen molar-refractivity contribution in [3.63, 3.8) is 0 Å². The van der Waals surface area contributed by atoms with E-state index in [0.717, 1.165) is 11.3 Å². The van der Waals surface area contributed by atoms with Gasteiger partial charge in [0.25, 0.3) is 5.91 Å². The van der Waals surface area contributed by atoms with Crippen molar-refractivity contribution in [3.8, 4) is 0 Å². The maximum atomic E-state index is 11.5. The number of amides is 1. The Morgan fingerprint density at radius 3 is 2.93 bits per heavy atom. The van der Waals surface area contributed by atoms with Gasteiger partial charge in [0, 0.05) is 11.3 Å². The molecule has 0 spiro atoms. The first kappa shape index (κ1) is 9.18. The summed E-state index contributed by atoms with van der Waals surface area (Å²) >= 11 is 0. The van der Waals surface area contributed by atoms with Gasteiger partial charge in [-0.1, -0.05) is 18.2 Å². The van der Waals surface area contributed by atoms with E-state index in [2.05, 4.69) is 5.32 Å². The Morgan fingerprint density at radius 1 is 1.57 bits per heavy atom. The minimum absolute atomic E-state index is 0.343. The number of para-hydroxylation sites is 1. The standard InChI is InChI=1S/C10H12N2O2/c1-6-3-2-4-7-8(6)12-9(14)10(7,11)5-13/h2-4,13H,5,11H2,1H3,(H,12,14)/t10-/m1/s1. The molecule has 0 fully saturated rings. The first-order valence-electron chi connectivity index (χ1n) is 4.41. The highest BCUT2D eigenvalue weighted by atomic mass is 16.3. The third-order valence-electron chi connectivity index (χ3n) is 2.65. The summed E-state index contributed by atoms with van der Waals surface area (Å²) < 4.78 is 0. The van der Waals surface area contributed by atoms with Crippen LogP contribution in [0.3, 0.4) is 0 Å². The number of nitrogens with two attached hydrogens (primary N) is 1. The van der Waals surface area contributed by atoms with Crippen molar-refractivity contribution in [2.75, 3.05) is 11.9 Å². The van der Waals surface area contributed by atoms with E-state index in [9.17, 15) is 4.79 Å². The first-order chi connectivity index (χ1) is 6.59. The van der Waals surface area contributed by atoms with Crippen LogP contribution in [0.4, 0.5) is 5.69 Å². The molecule has 0 unspecified atom stereocenters. The van der Waals surface area contributed by atoms with Gasteiger partial charge in [0.05, 0.1) is 6.61 Å². The molecule has 1 aromatic carbocycles. The van der Waals surface area contributed by atoms with E-state index < -0.39 is 5.54 Å². The molecule has 14 heavy (non-hydrogen) atoms. The summed E-state index contributed by atoms with van der Waals surface area (Å²) in [6.45, 7) is 1.51. The van der Waals surface area contributed by atoms with Crippen LogP contribution in [-0.4, -0.2) is 17.6 Å². The number of aryl methyl sites for hydroxylation is 1. The zero-order valence-electron chi connectivity index (χ0n) is 7.87. The van der Waals surface area contributed by atoms with Crippen LogP contribution < -0.4 is 11.1 Å². The zero-order chi connectivity index (χ0) is 10.3. The highest BCUT2D eigenvalue weighted by Gasteiger charge is 2.43. The molecule has 1 aromatic rings. The van der Waals surface area contributed by atoms with Gasteiger partial charge in [-0.15, -0.1) is 0 Å². The molecular weight excluding hydrogens is 180 g/mol. The second kappa shape index (κ2) is 2.80. The van der Waals surface area contributed by atoms with Gasteiger partial charge in [0.15, 0.2) is 0 Å². The Bertz CT molecular complexity index is 403. The van der Waals surface area contributed by atoms with E-state index >= 15 is 0 Å². The third-order valence-corrected chi connectivity index (χ3v) is 2.65. The molecule has 0 aliphatic carbocycles. The Balaban J connectivity index is 2.64. The second-order valence-corrected chi connectivity index (χ2v) is 3.58. The van der Waals surface area contributed by atoms with Crippen molar-refractivity contribution in [1.82, 2.24) is 0 Å². The van der Waals surface area contributed by atoms with Crippen LogP contribution in [0.15, 0.2) is 18.2 Å². The van der Waals surface area contributed by atoms with Crippen LogP contribution in [0.2, 0.25) is 0 Å². The van der Waals surface area contributed by atoms with Gasteiger partial charge in [-0.3, -0.25) is 4.79 Å². The molecule has 0 saturated carbocycles. The van der Waals surface area contributed by atoms with Crippen molar-refractivity contribution in [3.05, 3.63) is 29.3 Å². The molecule has 1 atom stereocenters. The maximum absolute atomic E-state index is 11.5. The predicted molar refractivity (Wildman–Crippen MR) is 52.8 cm³/mol. The van der Waals surface area contributed by atoms with E-state index in [1.807, 2.05) is 19.1 Å². The number of hydrogen-bond donors (Lipinski definition) is 3. The molecule has 4 nitrogen and oxygen atoms in total. The Kier molecular flexibility index (Phi) is 1.83. The molecule has 0 bridgehead atoms. The molecule has 0 saturated heterocycles. The summed E-state index contributed by atoms with van der Waals surface area (Å²) in [5.41, 5.74) is 6.90. The molecule has 4 heteroatoms. The van der Waals surface area contributed by atoms with Crippen molar-refractivity contribution in [2.24, 2.45) is 5.73 Å². The number of hydrogen-bond acceptors (Lipinski definition) is 3. The van der Waals surface area contributed by atoms with Crippen LogP contribution >= 0.6 is 0 Å². The number of rotatable bonds is 1. The van der Waals surface area contributed by atoms with Crippen LogP contribution in [0.1, 0.15) is 11.1 Å². The third kappa shape index (κ3) is 0.981. The maximum Gasteiger partial charge on any atom is 0.251 e. The van der Waals surface area contributed by atoms with Gasteiger partial charge >= 0.3 is 0 Å². The van der Waals surface area contributed by atoms with Gasteiger partial charge in [-0.2, -0.15) is 0 Å². The monoisotopic (exact) mass is 192 g/mol. The highest BCUT2D eigenvalue weighted by molar-refractivity contribution is 6.06. The molecule has 1 aliphatic rings. The molecule has 0 aromatic heterocycles. The molecule has 0 radical (unpaired) electrons. The lowest BCUT2D eigenvalue weighted by Gasteiger charge is -2.18. The minimum atomic E-state index is -1.28. The Hall–Kier alpha value is -1.39. The number of nitrogens with one attached hydrogen (secondary N) is 1. The fourth-order valence-electron chi connectivity index (χ4n) is 1.71. The topological polar surface area (TPSA) is 75.4 Å². The number of aliphatic hydroxyl groups excluding tert-OH is 1. The number of fused-ring (bicyclic) bond motifs is 1. The lowest BCUT2D eigenvalue weighted by molar-refractivity contribution is -0.122. The first-order valence-corrected chi connectivity index (χ1v) is 4.41. The molecular formula is C10H12N2O2. The Morgan fingerprint density at radius 2 is 2.29 bits per heavy atom. The van der Waals surface area contributed by atoms with Crippen molar-refractivity contribution in [2.45, 2.75) is 12.5 Å². The number of benzene rings is 1. The zero-order valence-corrected chi connectivity index (χ0v) is 7.87. The number of carbonyl (C=O) groups excluding carboxylic acids is 1. The van der Waals surface area contributed by atoms with Crippen LogP contribution in [0, 0.1) is 6.92 Å². The minimum Gasteiger partial charge on any atom is -0.394 e. The summed E-state index contributed by atoms with van der Waals surface area (Å²) in [7, 11) is 0. The van der Waals surface area contributed by atoms with Crippen molar-refractivity contribution in [1.29, 1.82) is 0 Å². The average Bonchev–Trinajstić information content (AvgIpc) is 2.43. The van der Waals surface area contributed by atoms with Crippen molar-refractivity contribution >= 4 is 11.6 Å². The van der Waals surface area contributed by atoms with Gasteiger partial charge in [-0.25, -0.2) is 0 Å². The Labute approximate surface area is 81.7 Å². The van der Waals surface area contributed by atoms with E-state index in [0.29, 0.717) is 5.56 Å². The summed E-state index contributed by atoms with van der Waals surface area (Å²) in [4.78, 5) is 11.5. The fraction of sp³-hybridized carbons (Fsp3) is 0.300. The highest BCUT2D eigenvalue weighted by Crippen LogP contribution is 2.35. The molecule has 2 rings (SSSR count). The molecule has 74 valence electrons. The fourth-order valence-corrected chi connectivity index (χ4v) is 1.71. The summed E-state index contributed by atoms with van der Waals surface area (Å²) in [6.07, 6.45) is 0. The second-order valence-electron chi connectivity index (χ2n) is 3.58. The summed E-state index contributed by atoms with van der Waals surface area (Å²) in [5.74, 6) is -0.343. The number of carbonyl (C=O) groups is 1. The van der Waals surface area contributed by atoms with Gasteiger partial charge in [-0.05, 0) is 12.5 Å². The van der Waals surface area contributed by atoms with E-state index in [-0.39, 0.29) is 12.5 Å². The molecule has 4 N–H and O–H groups in total. The molecule has 1 heterocycles. The largest absolute Gasteiger partial charge is 0.394 e. The van der Waals surface area contributed by atoms with Crippen LogP contribution in [0.5, 0.6) is 0 Å². The van der Waals surface area contributed by atoms with E-state index in [4.69, 9.17) is 10.8 Å². The van der Waals surface area contributed by atoms with Crippen LogP contribution in [0.25, 0.3) is 0 Å². The molecule has 1 aliphatic heterocycles. The normalized spacial score (nSPS) is 24.6. The van der Waals surface area contributed by atoms with Gasteiger partial charge < -0.3 is 16.2 Å². The lowest BCUT2D eigenvalue weighted by Crippen LogP contribution is -2.46. The summed E-state index contributed by atoms with van der Waals surface area (Å²) in [5, 5.41) is 11.8. The number of anilines is 1. The lowest BCUT2D eigenvalue weighted by atomic mass is 9.92. The smallest absolute Gasteiger partial charge is 0.251 e. The van der Waals surface area contributed by atoms with Crippen molar-refractivity contribution < 1.29 is 9.90 Å². The summed E-state index contributed by atoms with van der Waals surface area (Å²) in [6, 6.07) is 5.48. The number of aliphatic hydroxyl groups is 1. The van der Waals surface area contributed by atoms with E-state index in [1.54, 1.807) is 6.07 Å². The quantitative estimate of drug-likeness (QED) is 0.590. The van der Waals surface area contributed by atoms with Gasteiger partial charge in [0.2, 0.25) is 0 Å². The van der Waals surface area contributed by atoms with Crippen LogP contribution in [-0.2, 0) is 10.3 Å². The van der Waals surface area contributed by atoms with Gasteiger partial charge in [0.1, 0.15) is 5.54 Å². The van der Waals surface area contributed by atoms with E-state index in [1.165, 1.54) is 0 Å². The molecule has 1 amide bonds. The SMILES string of the molecule is Cc1cccc2c1NC(=O)[C@@]2(N)CO. The average molecular weight is 192 g/mol. The predicted octanol–water partition coefficient (Wildman–Crippen LogP) is 0.0934.